The lowest BCUT2D eigenvalue weighted by Gasteiger charge is -2.03. The molecular weight excluding hydrogens is 176 g/mol. The fraction of sp³-hybridized carbons (Fsp3) is 0.667. The summed E-state index contributed by atoms with van der Waals surface area (Å²) in [5.74, 6) is 0. The van der Waals surface area contributed by atoms with E-state index in [9.17, 15) is 4.79 Å². The van der Waals surface area contributed by atoms with Gasteiger partial charge in [-0.1, -0.05) is 17.3 Å². The third-order valence-corrected chi connectivity index (χ3v) is 1.39. The number of nitrogens with zero attached hydrogens (tertiary/aromatic N) is 3. The van der Waals surface area contributed by atoms with E-state index in [1.807, 2.05) is 0 Å². The summed E-state index contributed by atoms with van der Waals surface area (Å²) in [4.78, 5) is 12.8. The highest BCUT2D eigenvalue weighted by molar-refractivity contribution is 7.78. The van der Waals surface area contributed by atoms with Crippen LogP contribution in [-0.4, -0.2) is 30.8 Å². The smallest absolute Gasteiger partial charge is 0.130 e. The second-order valence-corrected chi connectivity index (χ2v) is 2.40. The van der Waals surface area contributed by atoms with Crippen LogP contribution in [0.3, 0.4) is 0 Å². The highest BCUT2D eigenvalue weighted by Gasteiger charge is 2.01. The fourth-order valence-electron chi connectivity index (χ4n) is 0.593. The second-order valence-electron chi connectivity index (χ2n) is 2.07. The van der Waals surface area contributed by atoms with E-state index >= 15 is 0 Å². The van der Waals surface area contributed by atoms with Gasteiger partial charge in [-0.15, -0.1) is 0 Å². The van der Waals surface area contributed by atoms with Crippen molar-refractivity contribution in [2.45, 2.75) is 12.5 Å². The van der Waals surface area contributed by atoms with Gasteiger partial charge < -0.3 is 10.1 Å². The Morgan fingerprint density at radius 3 is 3.00 bits per heavy atom. The van der Waals surface area contributed by atoms with Gasteiger partial charge in [0, 0.05) is 11.5 Å². The van der Waals surface area contributed by atoms with E-state index in [1.54, 1.807) is 5.37 Å². The van der Waals surface area contributed by atoms with Crippen molar-refractivity contribution in [1.82, 2.24) is 5.32 Å². The lowest BCUT2D eigenvalue weighted by Crippen LogP contribution is -2.27. The Bertz CT molecular complexity index is 190. The molecule has 0 aliphatic heterocycles. The maximum atomic E-state index is 10.2. The molecule has 0 aliphatic rings. The number of azide groups is 1. The Morgan fingerprint density at radius 2 is 2.50 bits per heavy atom. The van der Waals surface area contributed by atoms with Crippen LogP contribution in [0.2, 0.25) is 0 Å². The van der Waals surface area contributed by atoms with Crippen molar-refractivity contribution in [2.24, 2.45) is 5.11 Å². The monoisotopic (exact) mass is 186 g/mol. The van der Waals surface area contributed by atoms with Gasteiger partial charge in [0.05, 0.1) is 0 Å². The van der Waals surface area contributed by atoms with Crippen molar-refractivity contribution < 1.29 is 4.79 Å². The summed E-state index contributed by atoms with van der Waals surface area (Å²) in [6.45, 7) is 1.07. The molecule has 0 aromatic rings. The van der Waals surface area contributed by atoms with Crippen molar-refractivity contribution in [3.05, 3.63) is 10.4 Å². The van der Waals surface area contributed by atoms with Crippen molar-refractivity contribution in [2.75, 3.05) is 13.1 Å². The lowest BCUT2D eigenvalue weighted by molar-refractivity contribution is -0.108. The van der Waals surface area contributed by atoms with Gasteiger partial charge in [-0.05, 0) is 23.9 Å². The third kappa shape index (κ3) is 5.79. The minimum absolute atomic E-state index is 0.372. The van der Waals surface area contributed by atoms with E-state index in [0.29, 0.717) is 19.4 Å². The molecule has 6 heteroatoms. The van der Waals surface area contributed by atoms with Crippen molar-refractivity contribution in [1.29, 1.82) is 0 Å². The molecule has 0 rings (SSSR count). The lowest BCUT2D eigenvalue weighted by atomic mass is 10.3. The van der Waals surface area contributed by atoms with E-state index in [1.165, 1.54) is 0 Å². The zero-order chi connectivity index (χ0) is 9.23. The molecule has 0 fully saturated rings. The first-order valence-corrected chi connectivity index (χ1v) is 3.96. The maximum Gasteiger partial charge on any atom is 0.130 e. The molecule has 0 radical (unpaired) electrons. The number of rotatable bonds is 7. The van der Waals surface area contributed by atoms with Crippen LogP contribution < -0.4 is 5.32 Å². The van der Waals surface area contributed by atoms with Gasteiger partial charge in [0.15, 0.2) is 0 Å². The van der Waals surface area contributed by atoms with Gasteiger partial charge in [0.25, 0.3) is 0 Å². The minimum atomic E-state index is -0.611. The molecule has 12 heavy (non-hydrogen) atoms. The Kier molecular flexibility index (Phi) is 7.47. The molecule has 66 valence electrons. The second kappa shape index (κ2) is 8.13. The molecule has 0 amide bonds. The molecule has 0 heterocycles. The number of nitrogens with one attached hydrogen (secondary N) is 1. The molecule has 0 saturated heterocycles. The average molecular weight is 186 g/mol. The molecule has 0 aliphatic carbocycles. The van der Waals surface area contributed by atoms with Crippen molar-refractivity contribution in [3.63, 3.8) is 0 Å². The molecule has 1 unspecified atom stereocenters. The molecule has 0 bridgehead atoms. The molecule has 1 atom stereocenters. The Balaban J connectivity index is 3.50. The van der Waals surface area contributed by atoms with Gasteiger partial charge in [-0.25, -0.2) is 0 Å². The van der Waals surface area contributed by atoms with Gasteiger partial charge in [-0.3, -0.25) is 0 Å². The molecule has 1 N–H and O–H groups in total. The average Bonchev–Trinajstić information content (AvgIpc) is 2.10. The van der Waals surface area contributed by atoms with Gasteiger partial charge in [0.2, 0.25) is 0 Å². The molecule has 0 saturated carbocycles. The zero-order valence-corrected chi connectivity index (χ0v) is 7.33. The summed E-state index contributed by atoms with van der Waals surface area (Å²) in [5.41, 5.74) is 8.02. The summed E-state index contributed by atoms with van der Waals surface area (Å²) in [5, 5.41) is 7.79. The maximum absolute atomic E-state index is 10.2. The Labute approximate surface area is 75.8 Å². The first-order chi connectivity index (χ1) is 5.85. The van der Waals surface area contributed by atoms with E-state index in [2.05, 4.69) is 27.6 Å². The van der Waals surface area contributed by atoms with Crippen LogP contribution in [-0.2, 0) is 4.79 Å². The summed E-state index contributed by atoms with van der Waals surface area (Å²) >= 11 is 4.59. The number of hydrogen-bond acceptors (Lipinski definition) is 4. The molecule has 5 nitrogen and oxygen atoms in total. The summed E-state index contributed by atoms with van der Waals surface area (Å²) in [6, 6.07) is -0.611. The minimum Gasteiger partial charge on any atom is -0.316 e. The fourth-order valence-corrected chi connectivity index (χ4v) is 0.711. The predicted octanol–water partition coefficient (Wildman–Crippen LogP) is 0.844. The van der Waals surface area contributed by atoms with Gasteiger partial charge in [-0.2, -0.15) is 0 Å². The third-order valence-electron chi connectivity index (χ3n) is 1.15. The summed E-state index contributed by atoms with van der Waals surface area (Å²) in [6.07, 6.45) is 1.38. The number of thiocarbonyl (C=S) groups is 1. The van der Waals surface area contributed by atoms with E-state index < -0.39 is 6.04 Å². The predicted molar refractivity (Wildman–Crippen MR) is 50.1 cm³/mol. The van der Waals surface area contributed by atoms with Crippen LogP contribution in [0.4, 0.5) is 0 Å². The van der Waals surface area contributed by atoms with Crippen LogP contribution in [0.15, 0.2) is 5.11 Å². The highest BCUT2D eigenvalue weighted by atomic mass is 32.1. The molecule has 0 spiro atoms. The quantitative estimate of drug-likeness (QED) is 0.160. The first kappa shape index (κ1) is 11.0. The van der Waals surface area contributed by atoms with E-state index in [-0.39, 0.29) is 0 Å². The summed E-state index contributed by atoms with van der Waals surface area (Å²) < 4.78 is 0. The topological polar surface area (TPSA) is 77.9 Å². The summed E-state index contributed by atoms with van der Waals surface area (Å²) in [7, 11) is 0. The van der Waals surface area contributed by atoms with Crippen LogP contribution >= 0.6 is 12.2 Å². The van der Waals surface area contributed by atoms with Gasteiger partial charge >= 0.3 is 0 Å². The van der Waals surface area contributed by atoms with Gasteiger partial charge in [0.1, 0.15) is 12.3 Å². The molecule has 0 aromatic carbocycles. The van der Waals surface area contributed by atoms with Crippen molar-refractivity contribution >= 4 is 23.9 Å². The number of carbonyl (C=O) groups is 1. The SMILES string of the molecule is [N-]=[N+]=NC(C=O)CNCCC=S. The molecule has 0 aromatic heterocycles. The van der Waals surface area contributed by atoms with E-state index in [4.69, 9.17) is 5.53 Å². The molecular formula is C6H10N4OS. The van der Waals surface area contributed by atoms with Crippen LogP contribution in [0, 0.1) is 0 Å². The van der Waals surface area contributed by atoms with Crippen molar-refractivity contribution in [3.8, 4) is 0 Å². The number of carbonyl (C=O) groups excluding carboxylic acids is 1. The number of aldehydes is 1. The van der Waals surface area contributed by atoms with Crippen LogP contribution in [0.1, 0.15) is 6.42 Å². The zero-order valence-electron chi connectivity index (χ0n) is 6.51. The Morgan fingerprint density at radius 1 is 1.75 bits per heavy atom. The largest absolute Gasteiger partial charge is 0.316 e. The normalized spacial score (nSPS) is 11.3. The Hall–Kier alpha value is -0.970. The van der Waals surface area contributed by atoms with E-state index in [0.717, 1.165) is 6.42 Å². The standard InChI is InChI=1S/C6H10N4OS/c7-10-9-6(5-11)4-8-2-1-3-12/h3,5-6,8H,1-2,4H2. The van der Waals surface area contributed by atoms with Crippen LogP contribution in [0.5, 0.6) is 0 Å². The number of hydrogen-bond donors (Lipinski definition) is 1. The van der Waals surface area contributed by atoms with Crippen LogP contribution in [0.25, 0.3) is 10.4 Å². The highest BCUT2D eigenvalue weighted by Crippen LogP contribution is 1.84. The first-order valence-electron chi connectivity index (χ1n) is 3.49.